The molecule has 19 heavy (non-hydrogen) atoms. The molecule has 0 aliphatic carbocycles. The van der Waals surface area contributed by atoms with Crippen molar-refractivity contribution >= 4 is 5.97 Å². The minimum Gasteiger partial charge on any atom is -0.465 e. The molecule has 0 saturated carbocycles. The fraction of sp³-hybridized carbons (Fsp3) is 0.133. The first-order chi connectivity index (χ1) is 9.15. The summed E-state index contributed by atoms with van der Waals surface area (Å²) in [6.07, 6.45) is 0. The quantitative estimate of drug-likeness (QED) is 0.862. The maximum atomic E-state index is 13.8. The first-order valence-corrected chi connectivity index (χ1v) is 5.83. The van der Waals surface area contributed by atoms with Crippen molar-refractivity contribution < 1.29 is 13.9 Å². The smallest absolute Gasteiger partial charge is 0.340 e. The summed E-state index contributed by atoms with van der Waals surface area (Å²) in [5.41, 5.74) is 8.04. The number of carbonyl (C=O) groups is 1. The monoisotopic (exact) mass is 259 g/mol. The summed E-state index contributed by atoms with van der Waals surface area (Å²) in [6, 6.07) is 12.0. The largest absolute Gasteiger partial charge is 0.465 e. The second kappa shape index (κ2) is 5.63. The Morgan fingerprint density at radius 3 is 2.32 bits per heavy atom. The number of hydrogen-bond acceptors (Lipinski definition) is 3. The van der Waals surface area contributed by atoms with E-state index < -0.39 is 11.8 Å². The van der Waals surface area contributed by atoms with E-state index in [2.05, 4.69) is 4.74 Å². The van der Waals surface area contributed by atoms with E-state index in [1.165, 1.54) is 19.2 Å². The maximum absolute atomic E-state index is 13.8. The van der Waals surface area contributed by atoms with Gasteiger partial charge in [-0.05, 0) is 28.8 Å². The normalized spacial score (nSPS) is 10.3. The van der Waals surface area contributed by atoms with Crippen LogP contribution in [0.3, 0.4) is 0 Å². The van der Waals surface area contributed by atoms with E-state index in [4.69, 9.17) is 5.73 Å². The summed E-state index contributed by atoms with van der Waals surface area (Å²) >= 11 is 0. The lowest BCUT2D eigenvalue weighted by atomic mass is 10.0. The Bertz CT molecular complexity index is 594. The van der Waals surface area contributed by atoms with Crippen LogP contribution in [0.15, 0.2) is 42.5 Å². The number of rotatable bonds is 3. The molecule has 2 rings (SSSR count). The van der Waals surface area contributed by atoms with Gasteiger partial charge in [0.1, 0.15) is 5.82 Å². The number of nitrogens with two attached hydrogens (primary N) is 1. The number of carbonyl (C=O) groups excluding carboxylic acids is 1. The minimum absolute atomic E-state index is 0.0650. The molecule has 0 aromatic heterocycles. The standard InChI is InChI=1S/C15H14FNO2/c1-19-15(18)13-7-6-12(8-14(13)16)11-4-2-10(9-17)3-5-11/h2-8H,9,17H2,1H3. The molecule has 98 valence electrons. The van der Waals surface area contributed by atoms with Gasteiger partial charge in [-0.1, -0.05) is 30.3 Å². The third kappa shape index (κ3) is 2.80. The van der Waals surface area contributed by atoms with Crippen molar-refractivity contribution in [3.63, 3.8) is 0 Å². The second-order valence-electron chi connectivity index (χ2n) is 4.09. The van der Waals surface area contributed by atoms with Crippen LogP contribution in [0, 0.1) is 5.82 Å². The first-order valence-electron chi connectivity index (χ1n) is 5.83. The van der Waals surface area contributed by atoms with Crippen LogP contribution in [0.1, 0.15) is 15.9 Å². The summed E-state index contributed by atoms with van der Waals surface area (Å²) < 4.78 is 18.3. The summed E-state index contributed by atoms with van der Waals surface area (Å²) in [7, 11) is 1.22. The van der Waals surface area contributed by atoms with Gasteiger partial charge in [0.15, 0.2) is 0 Å². The Balaban J connectivity index is 2.35. The fourth-order valence-corrected chi connectivity index (χ4v) is 1.80. The van der Waals surface area contributed by atoms with Crippen LogP contribution in [0.2, 0.25) is 0 Å². The number of ether oxygens (including phenoxy) is 1. The zero-order valence-electron chi connectivity index (χ0n) is 10.5. The molecule has 4 heteroatoms. The van der Waals surface area contributed by atoms with Crippen molar-refractivity contribution in [2.75, 3.05) is 7.11 Å². The lowest BCUT2D eigenvalue weighted by Gasteiger charge is -2.06. The molecule has 2 aromatic carbocycles. The number of hydrogen-bond donors (Lipinski definition) is 1. The van der Waals surface area contributed by atoms with Gasteiger partial charge in [0.25, 0.3) is 0 Å². The number of halogens is 1. The fourth-order valence-electron chi connectivity index (χ4n) is 1.80. The average Bonchev–Trinajstić information content (AvgIpc) is 2.46. The van der Waals surface area contributed by atoms with Crippen molar-refractivity contribution in [1.82, 2.24) is 0 Å². The van der Waals surface area contributed by atoms with Crippen molar-refractivity contribution in [2.24, 2.45) is 5.73 Å². The minimum atomic E-state index is -0.678. The highest BCUT2D eigenvalue weighted by Crippen LogP contribution is 2.22. The lowest BCUT2D eigenvalue weighted by molar-refractivity contribution is 0.0595. The topological polar surface area (TPSA) is 52.3 Å². The molecule has 0 unspecified atom stereocenters. The average molecular weight is 259 g/mol. The molecule has 2 N–H and O–H groups in total. The molecule has 0 bridgehead atoms. The van der Waals surface area contributed by atoms with Crippen LogP contribution in [0.4, 0.5) is 4.39 Å². The Kier molecular flexibility index (Phi) is 3.92. The zero-order chi connectivity index (χ0) is 13.8. The summed E-state index contributed by atoms with van der Waals surface area (Å²) in [5, 5.41) is 0. The zero-order valence-corrected chi connectivity index (χ0v) is 10.5. The van der Waals surface area contributed by atoms with E-state index >= 15 is 0 Å². The predicted molar refractivity (Wildman–Crippen MR) is 71.1 cm³/mol. The lowest BCUT2D eigenvalue weighted by Crippen LogP contribution is -2.04. The van der Waals surface area contributed by atoms with E-state index in [0.717, 1.165) is 11.1 Å². The first kappa shape index (κ1) is 13.2. The molecule has 0 aliphatic heterocycles. The Morgan fingerprint density at radius 1 is 1.16 bits per heavy atom. The van der Waals surface area contributed by atoms with Gasteiger partial charge in [-0.3, -0.25) is 0 Å². The van der Waals surface area contributed by atoms with Gasteiger partial charge in [0.05, 0.1) is 12.7 Å². The highest BCUT2D eigenvalue weighted by atomic mass is 19.1. The van der Waals surface area contributed by atoms with Crippen molar-refractivity contribution in [1.29, 1.82) is 0 Å². The van der Waals surface area contributed by atoms with E-state index in [1.54, 1.807) is 6.07 Å². The van der Waals surface area contributed by atoms with Crippen LogP contribution in [0.5, 0.6) is 0 Å². The van der Waals surface area contributed by atoms with Gasteiger partial charge in [-0.25, -0.2) is 9.18 Å². The Hall–Kier alpha value is -2.20. The summed E-state index contributed by atoms with van der Waals surface area (Å²) in [4.78, 5) is 11.3. The van der Waals surface area contributed by atoms with E-state index in [-0.39, 0.29) is 5.56 Å². The van der Waals surface area contributed by atoms with Crippen molar-refractivity contribution in [3.05, 3.63) is 59.4 Å². The van der Waals surface area contributed by atoms with Gasteiger partial charge in [-0.2, -0.15) is 0 Å². The van der Waals surface area contributed by atoms with Gasteiger partial charge in [0, 0.05) is 6.54 Å². The van der Waals surface area contributed by atoms with Crippen LogP contribution in [-0.4, -0.2) is 13.1 Å². The third-order valence-electron chi connectivity index (χ3n) is 2.90. The van der Waals surface area contributed by atoms with Gasteiger partial charge in [-0.15, -0.1) is 0 Å². The van der Waals surface area contributed by atoms with Crippen LogP contribution >= 0.6 is 0 Å². The maximum Gasteiger partial charge on any atom is 0.340 e. The van der Waals surface area contributed by atoms with Crippen LogP contribution in [0.25, 0.3) is 11.1 Å². The highest BCUT2D eigenvalue weighted by molar-refractivity contribution is 5.90. The molecular weight excluding hydrogens is 245 g/mol. The van der Waals surface area contributed by atoms with Gasteiger partial charge in [0.2, 0.25) is 0 Å². The molecule has 0 saturated heterocycles. The van der Waals surface area contributed by atoms with Gasteiger partial charge >= 0.3 is 5.97 Å². The van der Waals surface area contributed by atoms with E-state index in [0.29, 0.717) is 12.1 Å². The van der Waals surface area contributed by atoms with Crippen LogP contribution < -0.4 is 5.73 Å². The molecule has 0 radical (unpaired) electrons. The van der Waals surface area contributed by atoms with E-state index in [1.807, 2.05) is 24.3 Å². The molecule has 3 nitrogen and oxygen atoms in total. The SMILES string of the molecule is COC(=O)c1ccc(-c2ccc(CN)cc2)cc1F. The molecule has 0 atom stereocenters. The summed E-state index contributed by atoms with van der Waals surface area (Å²) in [5.74, 6) is -1.27. The number of methoxy groups -OCH3 is 1. The number of esters is 1. The second-order valence-corrected chi connectivity index (χ2v) is 4.09. The molecule has 0 amide bonds. The summed E-state index contributed by atoms with van der Waals surface area (Å²) in [6.45, 7) is 0.468. The molecule has 0 spiro atoms. The molecule has 0 aliphatic rings. The highest BCUT2D eigenvalue weighted by Gasteiger charge is 2.12. The van der Waals surface area contributed by atoms with Crippen LogP contribution in [-0.2, 0) is 11.3 Å². The molecule has 2 aromatic rings. The van der Waals surface area contributed by atoms with Crippen molar-refractivity contribution in [2.45, 2.75) is 6.54 Å². The Labute approximate surface area is 110 Å². The molecular formula is C15H14FNO2. The number of benzene rings is 2. The van der Waals surface area contributed by atoms with Gasteiger partial charge < -0.3 is 10.5 Å². The third-order valence-corrected chi connectivity index (χ3v) is 2.90. The predicted octanol–water partition coefficient (Wildman–Crippen LogP) is 2.74. The van der Waals surface area contributed by atoms with Crippen molar-refractivity contribution in [3.8, 4) is 11.1 Å². The Morgan fingerprint density at radius 2 is 1.79 bits per heavy atom. The molecule has 0 heterocycles. The molecule has 0 fully saturated rings. The van der Waals surface area contributed by atoms with E-state index in [9.17, 15) is 9.18 Å².